The van der Waals surface area contributed by atoms with E-state index in [0.717, 1.165) is 26.3 Å². The van der Waals surface area contributed by atoms with Crippen LogP contribution in [-0.4, -0.2) is 59.3 Å². The summed E-state index contributed by atoms with van der Waals surface area (Å²) in [5, 5.41) is 6.60. The number of halogens is 1. The SMILES string of the molecule is COc1ccc(Nc2nc(NCC3CCCCC3)nc(N3C[C@H]4CCCN4C3)n2)cc1F. The Hall–Kier alpha value is -2.68. The van der Waals surface area contributed by atoms with Crippen molar-refractivity contribution in [2.75, 3.05) is 48.9 Å². The third-order valence-corrected chi connectivity index (χ3v) is 6.87. The molecule has 2 N–H and O–H groups in total. The van der Waals surface area contributed by atoms with Gasteiger partial charge < -0.3 is 20.3 Å². The lowest BCUT2D eigenvalue weighted by Gasteiger charge is -2.22. The first-order valence-electron chi connectivity index (χ1n) is 11.8. The van der Waals surface area contributed by atoms with Gasteiger partial charge in [0.25, 0.3) is 0 Å². The Morgan fingerprint density at radius 1 is 1.06 bits per heavy atom. The fraction of sp³-hybridized carbons (Fsp3) is 0.609. The average Bonchev–Trinajstić information content (AvgIpc) is 3.41. The number of hydrogen-bond donors (Lipinski definition) is 2. The quantitative estimate of drug-likeness (QED) is 0.668. The molecule has 2 aliphatic heterocycles. The molecular weight excluding hydrogens is 409 g/mol. The molecule has 0 amide bonds. The van der Waals surface area contributed by atoms with Crippen LogP contribution >= 0.6 is 0 Å². The zero-order chi connectivity index (χ0) is 21.9. The number of aromatic nitrogens is 3. The van der Waals surface area contributed by atoms with Crippen LogP contribution in [-0.2, 0) is 0 Å². The standard InChI is InChI=1S/C23H32FN7O/c1-32-20-10-9-17(12-19(20)24)26-22-27-21(25-13-16-6-3-2-4-7-16)28-23(29-22)31-14-18-8-5-11-30(18)15-31/h9-10,12,16,18H,2-8,11,13-15H2,1H3,(H2,25,26,27,28,29)/t18-/m1/s1. The van der Waals surface area contributed by atoms with Crippen molar-refractivity contribution in [3.63, 3.8) is 0 Å². The lowest BCUT2D eigenvalue weighted by Crippen LogP contribution is -2.27. The topological polar surface area (TPSA) is 78.4 Å². The number of ether oxygens (including phenoxy) is 1. The van der Waals surface area contributed by atoms with Gasteiger partial charge in [0.1, 0.15) is 0 Å². The van der Waals surface area contributed by atoms with Crippen LogP contribution < -0.4 is 20.3 Å². The van der Waals surface area contributed by atoms with Crippen LogP contribution in [0.15, 0.2) is 18.2 Å². The summed E-state index contributed by atoms with van der Waals surface area (Å²) in [6.45, 7) is 3.78. The van der Waals surface area contributed by atoms with Crippen LogP contribution in [0.25, 0.3) is 0 Å². The molecule has 0 bridgehead atoms. The minimum absolute atomic E-state index is 0.208. The van der Waals surface area contributed by atoms with E-state index in [-0.39, 0.29) is 5.75 Å². The van der Waals surface area contributed by atoms with E-state index < -0.39 is 5.82 Å². The molecule has 0 spiro atoms. The maximum Gasteiger partial charge on any atom is 0.233 e. The summed E-state index contributed by atoms with van der Waals surface area (Å²) >= 11 is 0. The van der Waals surface area contributed by atoms with Crippen LogP contribution in [0.1, 0.15) is 44.9 Å². The highest BCUT2D eigenvalue weighted by Crippen LogP contribution is 2.29. The van der Waals surface area contributed by atoms with Gasteiger partial charge in [-0.25, -0.2) is 4.39 Å². The predicted molar refractivity (Wildman–Crippen MR) is 123 cm³/mol. The van der Waals surface area contributed by atoms with E-state index >= 15 is 0 Å². The third kappa shape index (κ3) is 4.72. The molecule has 0 unspecified atom stereocenters. The van der Waals surface area contributed by atoms with Gasteiger partial charge in [-0.3, -0.25) is 4.90 Å². The number of benzene rings is 1. The van der Waals surface area contributed by atoms with Crippen molar-refractivity contribution in [1.29, 1.82) is 0 Å². The summed E-state index contributed by atoms with van der Waals surface area (Å²) in [6.07, 6.45) is 8.94. The lowest BCUT2D eigenvalue weighted by atomic mass is 9.89. The maximum absolute atomic E-state index is 14.2. The highest BCUT2D eigenvalue weighted by atomic mass is 19.1. The van der Waals surface area contributed by atoms with E-state index in [0.29, 0.717) is 35.5 Å². The Morgan fingerprint density at radius 3 is 2.69 bits per heavy atom. The molecule has 3 fully saturated rings. The van der Waals surface area contributed by atoms with Gasteiger partial charge in [-0.05, 0) is 43.7 Å². The summed E-state index contributed by atoms with van der Waals surface area (Å²) in [7, 11) is 1.45. The Kier molecular flexibility index (Phi) is 6.25. The monoisotopic (exact) mass is 441 g/mol. The van der Waals surface area contributed by atoms with E-state index in [1.165, 1.54) is 58.1 Å². The molecule has 1 saturated carbocycles. The van der Waals surface area contributed by atoms with Crippen molar-refractivity contribution in [2.45, 2.75) is 51.0 Å². The van der Waals surface area contributed by atoms with Crippen molar-refractivity contribution >= 4 is 23.5 Å². The molecule has 32 heavy (non-hydrogen) atoms. The van der Waals surface area contributed by atoms with Gasteiger partial charge in [0.2, 0.25) is 17.8 Å². The van der Waals surface area contributed by atoms with Crippen molar-refractivity contribution in [1.82, 2.24) is 19.9 Å². The van der Waals surface area contributed by atoms with Gasteiger partial charge in [-0.2, -0.15) is 15.0 Å². The third-order valence-electron chi connectivity index (χ3n) is 6.87. The van der Waals surface area contributed by atoms with Crippen molar-refractivity contribution in [3.05, 3.63) is 24.0 Å². The number of fused-ring (bicyclic) bond motifs is 1. The molecule has 1 aromatic carbocycles. The molecular formula is C23H32FN7O. The van der Waals surface area contributed by atoms with Crippen molar-refractivity contribution < 1.29 is 9.13 Å². The zero-order valence-electron chi connectivity index (χ0n) is 18.7. The van der Waals surface area contributed by atoms with Gasteiger partial charge >= 0.3 is 0 Å². The van der Waals surface area contributed by atoms with E-state index in [1.807, 2.05) is 0 Å². The van der Waals surface area contributed by atoms with Crippen LogP contribution in [0.4, 0.5) is 27.9 Å². The zero-order valence-corrected chi connectivity index (χ0v) is 18.7. The van der Waals surface area contributed by atoms with Crippen LogP contribution in [0, 0.1) is 11.7 Å². The molecule has 8 nitrogen and oxygen atoms in total. The van der Waals surface area contributed by atoms with E-state index in [9.17, 15) is 4.39 Å². The number of nitrogens with zero attached hydrogens (tertiary/aromatic N) is 5. The van der Waals surface area contributed by atoms with Crippen molar-refractivity contribution in [3.8, 4) is 5.75 Å². The van der Waals surface area contributed by atoms with Gasteiger partial charge in [-0.1, -0.05) is 19.3 Å². The highest BCUT2D eigenvalue weighted by Gasteiger charge is 2.35. The summed E-state index contributed by atoms with van der Waals surface area (Å²) in [4.78, 5) is 18.7. The summed E-state index contributed by atoms with van der Waals surface area (Å²) < 4.78 is 19.2. The minimum Gasteiger partial charge on any atom is -0.494 e. The fourth-order valence-corrected chi connectivity index (χ4v) is 5.11. The van der Waals surface area contributed by atoms with Gasteiger partial charge in [-0.15, -0.1) is 0 Å². The second-order valence-electron chi connectivity index (χ2n) is 9.11. The molecule has 1 aliphatic carbocycles. The Labute approximate surface area is 188 Å². The fourth-order valence-electron chi connectivity index (χ4n) is 5.11. The molecule has 3 heterocycles. The molecule has 1 aromatic heterocycles. The second kappa shape index (κ2) is 9.44. The number of hydrogen-bond acceptors (Lipinski definition) is 8. The summed E-state index contributed by atoms with van der Waals surface area (Å²) in [5.74, 6) is 2.09. The number of anilines is 4. The lowest BCUT2D eigenvalue weighted by molar-refractivity contribution is 0.330. The highest BCUT2D eigenvalue weighted by molar-refractivity contribution is 5.57. The molecule has 172 valence electrons. The Balaban J connectivity index is 1.36. The number of nitrogens with one attached hydrogen (secondary N) is 2. The first-order chi connectivity index (χ1) is 15.7. The van der Waals surface area contributed by atoms with Crippen molar-refractivity contribution in [2.24, 2.45) is 5.92 Å². The molecule has 5 rings (SSSR count). The number of rotatable bonds is 7. The first-order valence-corrected chi connectivity index (χ1v) is 11.8. The Bertz CT molecular complexity index is 925. The largest absolute Gasteiger partial charge is 0.494 e. The van der Waals surface area contributed by atoms with Crippen LogP contribution in [0.3, 0.4) is 0 Å². The van der Waals surface area contributed by atoms with Crippen LogP contribution in [0.2, 0.25) is 0 Å². The predicted octanol–water partition coefficient (Wildman–Crippen LogP) is 4.00. The molecule has 2 aromatic rings. The molecule has 0 radical (unpaired) electrons. The number of methoxy groups -OCH3 is 1. The smallest absolute Gasteiger partial charge is 0.233 e. The minimum atomic E-state index is -0.428. The average molecular weight is 442 g/mol. The molecule has 9 heteroatoms. The van der Waals surface area contributed by atoms with Gasteiger partial charge in [0.05, 0.1) is 13.8 Å². The first kappa shape index (κ1) is 21.2. The van der Waals surface area contributed by atoms with Gasteiger partial charge in [0.15, 0.2) is 11.6 Å². The van der Waals surface area contributed by atoms with E-state index in [4.69, 9.17) is 9.72 Å². The maximum atomic E-state index is 14.2. The molecule has 1 atom stereocenters. The Morgan fingerprint density at radius 2 is 1.91 bits per heavy atom. The van der Waals surface area contributed by atoms with Gasteiger partial charge in [0, 0.05) is 37.4 Å². The molecule has 2 saturated heterocycles. The summed E-state index contributed by atoms with van der Waals surface area (Å²) in [6, 6.07) is 5.32. The van der Waals surface area contributed by atoms with E-state index in [1.54, 1.807) is 12.1 Å². The normalized spacial score (nSPS) is 21.6. The summed E-state index contributed by atoms with van der Waals surface area (Å²) in [5.41, 5.74) is 0.570. The van der Waals surface area contributed by atoms with Crippen LogP contribution in [0.5, 0.6) is 5.75 Å². The second-order valence-corrected chi connectivity index (χ2v) is 9.11. The molecule has 3 aliphatic rings. The van der Waals surface area contributed by atoms with E-state index in [2.05, 4.69) is 30.4 Å².